The first-order valence-electron chi connectivity index (χ1n) is 6.43. The number of hydrogen-bond donors (Lipinski definition) is 0. The Balaban J connectivity index is 1.75. The van der Waals surface area contributed by atoms with Gasteiger partial charge in [-0.15, -0.1) is 0 Å². The topological polar surface area (TPSA) is 29.5 Å². The van der Waals surface area contributed by atoms with Crippen LogP contribution < -0.4 is 0 Å². The van der Waals surface area contributed by atoms with Crippen LogP contribution in [0.25, 0.3) is 0 Å². The number of amides is 1. The maximum Gasteiger partial charge on any atom is 0.420 e. The molecule has 0 atom stereocenters. The molecule has 0 radical (unpaired) electrons. The number of halogens is 1. The molecule has 0 unspecified atom stereocenters. The lowest BCUT2D eigenvalue weighted by Crippen LogP contribution is -2.24. The second-order valence-corrected chi connectivity index (χ2v) is 5.22. The van der Waals surface area contributed by atoms with Crippen LogP contribution >= 0.6 is 16.1 Å². The number of hydrogen-bond acceptors (Lipinski definition) is 2. The Morgan fingerprint density at radius 3 is 2.10 bits per heavy atom. The first kappa shape index (κ1) is 14.6. The predicted molar refractivity (Wildman–Crippen MR) is 82.4 cm³/mol. The molecule has 0 heterocycles. The first-order chi connectivity index (χ1) is 9.75. The van der Waals surface area contributed by atoms with Crippen molar-refractivity contribution in [1.82, 2.24) is 3.93 Å². The van der Waals surface area contributed by atoms with Gasteiger partial charge in [0.2, 0.25) is 0 Å². The summed E-state index contributed by atoms with van der Waals surface area (Å²) >= 11 is 3.23. The van der Waals surface area contributed by atoms with Gasteiger partial charge in [-0.1, -0.05) is 60.7 Å². The van der Waals surface area contributed by atoms with Crippen molar-refractivity contribution in [3.05, 3.63) is 71.8 Å². The van der Waals surface area contributed by atoms with Gasteiger partial charge in [0, 0.05) is 6.54 Å². The number of ether oxygens (including phenoxy) is 1. The van der Waals surface area contributed by atoms with Crippen LogP contribution in [0.2, 0.25) is 0 Å². The fraction of sp³-hybridized carbons (Fsp3) is 0.188. The fourth-order valence-electron chi connectivity index (χ4n) is 1.75. The van der Waals surface area contributed by atoms with Crippen LogP contribution in [0.3, 0.4) is 0 Å². The molecule has 0 fully saturated rings. The molecule has 1 amide bonds. The lowest BCUT2D eigenvalue weighted by atomic mass is 10.1. The van der Waals surface area contributed by atoms with Crippen LogP contribution in [0.4, 0.5) is 4.79 Å². The van der Waals surface area contributed by atoms with E-state index in [-0.39, 0.29) is 12.7 Å². The van der Waals surface area contributed by atoms with Crippen molar-refractivity contribution in [2.45, 2.75) is 13.0 Å². The molecule has 0 saturated heterocycles. The zero-order valence-electron chi connectivity index (χ0n) is 11.0. The van der Waals surface area contributed by atoms with E-state index in [0.717, 1.165) is 12.0 Å². The van der Waals surface area contributed by atoms with Gasteiger partial charge in [-0.3, -0.25) is 0 Å². The van der Waals surface area contributed by atoms with Crippen LogP contribution in [-0.2, 0) is 17.8 Å². The zero-order valence-corrected chi connectivity index (χ0v) is 12.6. The van der Waals surface area contributed by atoms with Gasteiger partial charge in [-0.25, -0.2) is 8.72 Å². The smallest absolute Gasteiger partial charge is 0.420 e. The van der Waals surface area contributed by atoms with E-state index in [4.69, 9.17) is 4.74 Å². The van der Waals surface area contributed by atoms with E-state index in [2.05, 4.69) is 16.1 Å². The first-order valence-corrected chi connectivity index (χ1v) is 7.14. The van der Waals surface area contributed by atoms with Gasteiger partial charge in [0.25, 0.3) is 0 Å². The summed E-state index contributed by atoms with van der Waals surface area (Å²) in [7, 11) is 0. The van der Waals surface area contributed by atoms with Crippen molar-refractivity contribution >= 4 is 22.2 Å². The molecule has 0 spiro atoms. The third kappa shape index (κ3) is 4.70. The lowest BCUT2D eigenvalue weighted by Gasteiger charge is -2.14. The molecule has 0 bridgehead atoms. The maximum absolute atomic E-state index is 11.8. The van der Waals surface area contributed by atoms with Crippen molar-refractivity contribution in [2.75, 3.05) is 6.54 Å². The third-order valence-electron chi connectivity index (χ3n) is 2.84. The van der Waals surface area contributed by atoms with Crippen molar-refractivity contribution in [2.24, 2.45) is 0 Å². The Morgan fingerprint density at radius 1 is 0.950 bits per heavy atom. The Bertz CT molecular complexity index is 531. The Kier molecular flexibility index (Phi) is 5.62. The molecule has 2 aromatic rings. The highest BCUT2D eigenvalue weighted by molar-refractivity contribution is 9.07. The number of nitrogens with zero attached hydrogens (tertiary/aromatic N) is 1. The van der Waals surface area contributed by atoms with Gasteiger partial charge in [-0.05, 0) is 17.5 Å². The minimum atomic E-state index is -0.371. The van der Waals surface area contributed by atoms with Crippen LogP contribution in [-0.4, -0.2) is 16.6 Å². The molecule has 2 aromatic carbocycles. The maximum atomic E-state index is 11.8. The number of carbonyl (C=O) groups is 1. The van der Waals surface area contributed by atoms with Gasteiger partial charge >= 0.3 is 6.09 Å². The van der Waals surface area contributed by atoms with Gasteiger partial charge in [0.05, 0.1) is 16.1 Å². The Labute approximate surface area is 127 Å². The highest BCUT2D eigenvalue weighted by Gasteiger charge is 2.11. The number of benzene rings is 2. The van der Waals surface area contributed by atoms with Gasteiger partial charge in [-0.2, -0.15) is 0 Å². The SMILES string of the molecule is O=C(OCc1ccccc1)N(Br)CCc1ccccc1. The van der Waals surface area contributed by atoms with E-state index in [1.165, 1.54) is 9.49 Å². The van der Waals surface area contributed by atoms with E-state index in [9.17, 15) is 4.79 Å². The second kappa shape index (κ2) is 7.70. The Morgan fingerprint density at radius 2 is 1.50 bits per heavy atom. The summed E-state index contributed by atoms with van der Waals surface area (Å²) in [6.07, 6.45) is 0.414. The van der Waals surface area contributed by atoms with E-state index in [0.29, 0.717) is 6.54 Å². The molecule has 3 nitrogen and oxygen atoms in total. The van der Waals surface area contributed by atoms with Crippen molar-refractivity contribution < 1.29 is 9.53 Å². The summed E-state index contributed by atoms with van der Waals surface area (Å²) in [5.74, 6) is 0. The summed E-state index contributed by atoms with van der Waals surface area (Å²) in [6.45, 7) is 0.852. The molecule has 0 aromatic heterocycles. The van der Waals surface area contributed by atoms with Crippen molar-refractivity contribution in [3.63, 3.8) is 0 Å². The minimum absolute atomic E-state index is 0.285. The molecule has 104 valence electrons. The van der Waals surface area contributed by atoms with Crippen molar-refractivity contribution in [3.8, 4) is 0 Å². The standard InChI is InChI=1S/C16H16BrNO2/c17-18(12-11-14-7-3-1-4-8-14)16(19)20-13-15-9-5-2-6-10-15/h1-10H,11-13H2. The molecule has 2 rings (SSSR count). The van der Waals surface area contributed by atoms with Crippen molar-refractivity contribution in [1.29, 1.82) is 0 Å². The molecule has 0 aliphatic rings. The predicted octanol–water partition coefficient (Wildman–Crippen LogP) is 4.18. The number of carbonyl (C=O) groups excluding carboxylic acids is 1. The molecule has 0 aliphatic heterocycles. The third-order valence-corrected chi connectivity index (χ3v) is 3.49. The van der Waals surface area contributed by atoms with Crippen LogP contribution in [0.15, 0.2) is 60.7 Å². The summed E-state index contributed by atoms with van der Waals surface area (Å²) in [6, 6.07) is 19.7. The molecular weight excluding hydrogens is 318 g/mol. The van der Waals surface area contributed by atoms with Crippen LogP contribution in [0, 0.1) is 0 Å². The zero-order chi connectivity index (χ0) is 14.2. The molecule has 0 saturated carbocycles. The van der Waals surface area contributed by atoms with Gasteiger partial charge in [0.15, 0.2) is 0 Å². The van der Waals surface area contributed by atoms with Gasteiger partial charge in [0.1, 0.15) is 6.61 Å². The summed E-state index contributed by atoms with van der Waals surface area (Å²) < 4.78 is 6.64. The normalized spacial score (nSPS) is 10.1. The monoisotopic (exact) mass is 333 g/mol. The molecule has 4 heteroatoms. The highest BCUT2D eigenvalue weighted by atomic mass is 79.9. The van der Waals surface area contributed by atoms with E-state index < -0.39 is 0 Å². The van der Waals surface area contributed by atoms with Crippen LogP contribution in [0.1, 0.15) is 11.1 Å². The Hall–Kier alpha value is -1.81. The molecule has 20 heavy (non-hydrogen) atoms. The average molecular weight is 334 g/mol. The van der Waals surface area contributed by atoms with E-state index >= 15 is 0 Å². The van der Waals surface area contributed by atoms with E-state index in [1.807, 2.05) is 60.7 Å². The summed E-state index contributed by atoms with van der Waals surface area (Å²) in [5, 5.41) is 0. The average Bonchev–Trinajstić information content (AvgIpc) is 2.52. The quantitative estimate of drug-likeness (QED) is 0.768. The molecule has 0 N–H and O–H groups in total. The fourth-order valence-corrected chi connectivity index (χ4v) is 2.03. The summed E-state index contributed by atoms with van der Waals surface area (Å²) in [5.41, 5.74) is 2.16. The minimum Gasteiger partial charge on any atom is -0.444 e. The highest BCUT2D eigenvalue weighted by Crippen LogP contribution is 2.08. The number of rotatable bonds is 5. The lowest BCUT2D eigenvalue weighted by molar-refractivity contribution is 0.123. The van der Waals surface area contributed by atoms with E-state index in [1.54, 1.807) is 0 Å². The molecule has 0 aliphatic carbocycles. The largest absolute Gasteiger partial charge is 0.444 e. The summed E-state index contributed by atoms with van der Waals surface area (Å²) in [4.78, 5) is 11.8. The second-order valence-electron chi connectivity index (χ2n) is 4.36. The molecular formula is C16H16BrNO2. The van der Waals surface area contributed by atoms with Gasteiger partial charge < -0.3 is 4.74 Å². The van der Waals surface area contributed by atoms with Crippen LogP contribution in [0.5, 0.6) is 0 Å².